The van der Waals surface area contributed by atoms with E-state index in [-0.39, 0.29) is 16.3 Å². The Bertz CT molecular complexity index is 2370. The smallest absolute Gasteiger partial charge is 0.299 e. The average Bonchev–Trinajstić information content (AvgIpc) is 3.22. The highest BCUT2D eigenvalue weighted by atomic mass is 32.2. The minimum absolute atomic E-state index is 0.202. The third-order valence-corrected chi connectivity index (χ3v) is 9.12. The van der Waals surface area contributed by atoms with Gasteiger partial charge in [-0.2, -0.15) is 27.1 Å². The van der Waals surface area contributed by atoms with Gasteiger partial charge in [-0.15, -0.1) is 10.2 Å². The van der Waals surface area contributed by atoms with Crippen molar-refractivity contribution in [2.24, 2.45) is 20.5 Å². The van der Waals surface area contributed by atoms with Gasteiger partial charge in [-0.3, -0.25) is 8.37 Å². The summed E-state index contributed by atoms with van der Waals surface area (Å²) in [4.78, 5) is -0.280. The van der Waals surface area contributed by atoms with E-state index in [2.05, 4.69) is 106 Å². The molecular weight excluding hydrogens is 775 g/mol. The first-order valence-electron chi connectivity index (χ1n) is 19.0. The lowest BCUT2D eigenvalue weighted by molar-refractivity contribution is 0.397. The largest absolute Gasteiger partial charge is 0.505 e. The van der Waals surface area contributed by atoms with E-state index in [1.165, 1.54) is 29.7 Å². The van der Waals surface area contributed by atoms with Crippen molar-refractivity contribution in [2.75, 3.05) is 39.4 Å². The minimum atomic E-state index is -4.19. The maximum atomic E-state index is 12.7. The van der Waals surface area contributed by atoms with Gasteiger partial charge in [0, 0.05) is 35.4 Å². The number of anilines is 1. The Kier molecular flexibility index (Phi) is 23.3. The molecule has 0 aliphatic rings. The lowest BCUT2D eigenvalue weighted by Gasteiger charge is -2.12. The van der Waals surface area contributed by atoms with Gasteiger partial charge in [0.2, 0.25) is 0 Å². The van der Waals surface area contributed by atoms with E-state index >= 15 is 0 Å². The maximum Gasteiger partial charge on any atom is 0.299 e. The normalized spacial score (nSPS) is 10.9. The van der Waals surface area contributed by atoms with Crippen LogP contribution in [0.5, 0.6) is 5.75 Å². The molecule has 14 heteroatoms. The lowest BCUT2D eigenvalue weighted by atomic mass is 10.1. The molecule has 2 N–H and O–H groups in total. The SMILES string of the molecule is CC.CCC.CCC.CCNc1ccc2c(O)c(N=Nc3ccc(N=NC)c4ccccc34)c(S(=O)(=O)OC)cc2c1.COS(C)(=O)=O.c1ccc2ccccc2c1. The molecule has 0 heterocycles. The predicted octanol–water partition coefficient (Wildman–Crippen LogP) is 12.9. The Labute approximate surface area is 345 Å². The van der Waals surface area contributed by atoms with E-state index < -0.39 is 20.2 Å². The highest BCUT2D eigenvalue weighted by Crippen LogP contribution is 2.43. The van der Waals surface area contributed by atoms with Crippen molar-refractivity contribution in [3.63, 3.8) is 0 Å². The molecule has 6 aromatic rings. The first-order chi connectivity index (χ1) is 27.7. The molecule has 0 amide bonds. The summed E-state index contributed by atoms with van der Waals surface area (Å²) in [5.41, 5.74) is 1.74. The van der Waals surface area contributed by atoms with Gasteiger partial charge in [0.1, 0.15) is 10.6 Å². The molecular formula is C44H59N5O7S2. The zero-order valence-electron chi connectivity index (χ0n) is 35.5. The number of hydrogen-bond donors (Lipinski definition) is 2. The number of rotatable bonds is 8. The van der Waals surface area contributed by atoms with Crippen LogP contribution in [0, 0.1) is 0 Å². The Hall–Kier alpha value is -5.28. The summed E-state index contributed by atoms with van der Waals surface area (Å²) in [5, 5.41) is 35.7. The summed E-state index contributed by atoms with van der Waals surface area (Å²) < 4.78 is 53.6. The van der Waals surface area contributed by atoms with Gasteiger partial charge in [-0.05, 0) is 59.5 Å². The van der Waals surface area contributed by atoms with E-state index in [1.54, 1.807) is 37.4 Å². The van der Waals surface area contributed by atoms with Crippen LogP contribution in [0.25, 0.3) is 32.3 Å². The van der Waals surface area contributed by atoms with Crippen LogP contribution in [-0.2, 0) is 28.6 Å². The zero-order chi connectivity index (χ0) is 43.7. The number of fused-ring (bicyclic) bond motifs is 3. The Morgan fingerprint density at radius 1 is 0.603 bits per heavy atom. The molecule has 0 unspecified atom stereocenters. The number of nitrogens with zero attached hydrogens (tertiary/aromatic N) is 4. The third-order valence-electron chi connectivity index (χ3n) is 7.23. The second-order valence-corrected chi connectivity index (χ2v) is 15.4. The highest BCUT2D eigenvalue weighted by molar-refractivity contribution is 7.87. The molecule has 6 rings (SSSR count). The number of azo groups is 2. The number of phenolic OH excluding ortho intramolecular Hbond substituents is 1. The lowest BCUT2D eigenvalue weighted by Crippen LogP contribution is -2.03. The van der Waals surface area contributed by atoms with Crippen molar-refractivity contribution in [3.05, 3.63) is 109 Å². The average molecular weight is 834 g/mol. The van der Waals surface area contributed by atoms with Crippen molar-refractivity contribution in [1.82, 2.24) is 0 Å². The van der Waals surface area contributed by atoms with Crippen molar-refractivity contribution >= 4 is 75.3 Å². The second-order valence-electron chi connectivity index (χ2n) is 11.9. The van der Waals surface area contributed by atoms with E-state index in [0.29, 0.717) is 28.7 Å². The van der Waals surface area contributed by atoms with Crippen LogP contribution in [0.2, 0.25) is 0 Å². The topological polar surface area (TPSA) is 168 Å². The Morgan fingerprint density at radius 2 is 1.05 bits per heavy atom. The van der Waals surface area contributed by atoms with Crippen LogP contribution in [0.3, 0.4) is 0 Å². The van der Waals surface area contributed by atoms with Gasteiger partial charge in [-0.1, -0.05) is 127 Å². The van der Waals surface area contributed by atoms with Gasteiger partial charge in [0.15, 0.2) is 5.75 Å². The highest BCUT2D eigenvalue weighted by Gasteiger charge is 2.24. The van der Waals surface area contributed by atoms with Crippen molar-refractivity contribution in [3.8, 4) is 5.75 Å². The zero-order valence-corrected chi connectivity index (χ0v) is 37.1. The molecule has 0 aromatic heterocycles. The van der Waals surface area contributed by atoms with Crippen LogP contribution < -0.4 is 5.32 Å². The van der Waals surface area contributed by atoms with Crippen LogP contribution in [0.1, 0.15) is 61.3 Å². The molecule has 6 aromatic carbocycles. The van der Waals surface area contributed by atoms with Gasteiger partial charge in [-0.25, -0.2) is 0 Å². The van der Waals surface area contributed by atoms with E-state index in [0.717, 1.165) is 36.9 Å². The summed E-state index contributed by atoms with van der Waals surface area (Å²) in [6.45, 7) is 15.1. The molecule has 0 saturated carbocycles. The maximum absolute atomic E-state index is 12.7. The third kappa shape index (κ3) is 15.9. The van der Waals surface area contributed by atoms with E-state index in [9.17, 15) is 21.9 Å². The molecule has 0 radical (unpaired) electrons. The first-order valence-corrected chi connectivity index (χ1v) is 22.2. The fourth-order valence-corrected chi connectivity index (χ4v) is 5.65. The van der Waals surface area contributed by atoms with Crippen molar-refractivity contribution in [1.29, 1.82) is 0 Å². The second kappa shape index (κ2) is 26.6. The number of hydrogen-bond acceptors (Lipinski definition) is 12. The summed E-state index contributed by atoms with van der Waals surface area (Å²) in [7, 11) is -3.59. The molecule has 0 aliphatic heterocycles. The molecule has 58 heavy (non-hydrogen) atoms. The van der Waals surface area contributed by atoms with Gasteiger partial charge >= 0.3 is 0 Å². The molecule has 0 spiro atoms. The van der Waals surface area contributed by atoms with Crippen molar-refractivity contribution < 1.29 is 30.3 Å². The van der Waals surface area contributed by atoms with Crippen LogP contribution in [0.4, 0.5) is 22.7 Å². The van der Waals surface area contributed by atoms with Crippen LogP contribution >= 0.6 is 0 Å². The summed E-state index contributed by atoms with van der Waals surface area (Å²) in [6.07, 6.45) is 3.49. The molecule has 12 nitrogen and oxygen atoms in total. The quantitative estimate of drug-likeness (QED) is 0.113. The molecule has 0 saturated heterocycles. The number of aromatic hydroxyl groups is 1. The predicted molar refractivity (Wildman–Crippen MR) is 242 cm³/mol. The first kappa shape index (κ1) is 50.7. The molecule has 0 atom stereocenters. The number of phenols is 1. The Balaban J connectivity index is 0.000000568. The molecule has 0 bridgehead atoms. The van der Waals surface area contributed by atoms with Crippen LogP contribution in [0.15, 0.2) is 135 Å². The standard InChI is InChI=1S/C24H23N5O4S.C10H8.2C3H8.C2H6O3S.C2H6/c1-4-26-16-9-10-17-15(13-16)14-22(34(31,32)33-3)23(24(17)30)29-28-21-12-11-20(27-25-2)18-7-5-6-8-19(18)21;1-2-6-10-8-4-3-7-9(10)5-1;2*1-3-2;1-5-6(2,3)4;1-2/h5-14,26,30H,4H2,1-3H3;1-8H;2*3H2,1-2H3;1-2H3;1-2H3. The van der Waals surface area contributed by atoms with Gasteiger partial charge < -0.3 is 10.4 Å². The van der Waals surface area contributed by atoms with E-state index in [1.807, 2.05) is 45.0 Å². The Morgan fingerprint density at radius 3 is 1.47 bits per heavy atom. The van der Waals surface area contributed by atoms with Crippen LogP contribution in [-0.4, -0.2) is 56.0 Å². The van der Waals surface area contributed by atoms with E-state index in [4.69, 9.17) is 4.18 Å². The molecule has 314 valence electrons. The van der Waals surface area contributed by atoms with Crippen molar-refractivity contribution in [2.45, 2.75) is 66.2 Å². The number of benzene rings is 6. The summed E-state index contributed by atoms with van der Waals surface area (Å²) in [5.74, 6) is -0.305. The summed E-state index contributed by atoms with van der Waals surface area (Å²) in [6, 6.07) is 34.3. The van der Waals surface area contributed by atoms with Gasteiger partial charge in [0.25, 0.3) is 20.2 Å². The molecule has 0 fully saturated rings. The summed E-state index contributed by atoms with van der Waals surface area (Å²) >= 11 is 0. The molecule has 0 aliphatic carbocycles. The minimum Gasteiger partial charge on any atom is -0.505 e. The fourth-order valence-electron chi connectivity index (χ4n) is 4.83. The number of nitrogens with one attached hydrogen (secondary N) is 1. The monoisotopic (exact) mass is 833 g/mol. The fraction of sp³-hybridized carbons (Fsp3) is 0.318. The van der Waals surface area contributed by atoms with Gasteiger partial charge in [0.05, 0.1) is 31.9 Å².